The molecule has 1 aromatic carbocycles. The van der Waals surface area contributed by atoms with Gasteiger partial charge in [0.25, 0.3) is 0 Å². The quantitative estimate of drug-likeness (QED) is 0.750. The molecule has 0 atom stereocenters. The number of aromatic nitrogens is 1. The third-order valence-corrected chi connectivity index (χ3v) is 3.24. The summed E-state index contributed by atoms with van der Waals surface area (Å²) in [6, 6.07) is 6.08. The Morgan fingerprint density at radius 2 is 2.19 bits per heavy atom. The molecule has 0 bridgehead atoms. The molecule has 0 fully saturated rings. The molecule has 0 aliphatic rings. The highest BCUT2D eigenvalue weighted by Crippen LogP contribution is 2.27. The number of amides is 1. The molecule has 0 aliphatic carbocycles. The fraction of sp³-hybridized carbons (Fsp3) is 0.0769. The summed E-state index contributed by atoms with van der Waals surface area (Å²) in [4.78, 5) is 30.0. The van der Waals surface area contributed by atoms with Gasteiger partial charge in [-0.25, -0.2) is 4.79 Å². The number of thiazole rings is 1. The normalized spacial score (nSPS) is 10.7. The molecule has 1 heterocycles. The van der Waals surface area contributed by atoms with Crippen LogP contribution in [0.15, 0.2) is 29.3 Å². The van der Waals surface area contributed by atoms with E-state index in [1.165, 1.54) is 25.3 Å². The fourth-order valence-corrected chi connectivity index (χ4v) is 2.24. The predicted octanol–water partition coefficient (Wildman–Crippen LogP) is 2.26. The average Bonchev–Trinajstić information content (AvgIpc) is 2.76. The first-order valence-corrected chi connectivity index (χ1v) is 6.62. The van der Waals surface area contributed by atoms with Crippen LogP contribution >= 0.6 is 11.3 Å². The van der Waals surface area contributed by atoms with E-state index in [0.29, 0.717) is 10.6 Å². The molecule has 2 rings (SSSR count). The molecule has 7 nitrogen and oxygen atoms in total. The Labute approximate surface area is 123 Å². The van der Waals surface area contributed by atoms with Crippen molar-refractivity contribution in [1.82, 2.24) is 4.98 Å². The van der Waals surface area contributed by atoms with E-state index < -0.39 is 5.97 Å². The number of hydrogen-bond donors (Lipinski definition) is 3. The molecule has 1 aromatic heterocycles. The lowest BCUT2D eigenvalue weighted by Crippen LogP contribution is -2.04. The molecule has 0 aliphatic heterocycles. The van der Waals surface area contributed by atoms with Gasteiger partial charge in [0.1, 0.15) is 4.88 Å². The molecule has 0 saturated carbocycles. The highest BCUT2D eigenvalue weighted by atomic mass is 32.1. The van der Waals surface area contributed by atoms with E-state index in [-0.39, 0.29) is 22.5 Å². The Balaban J connectivity index is 2.21. The van der Waals surface area contributed by atoms with Crippen LogP contribution in [0, 0.1) is 0 Å². The highest BCUT2D eigenvalue weighted by Gasteiger charge is 2.09. The van der Waals surface area contributed by atoms with Crippen molar-refractivity contribution in [2.75, 3.05) is 5.32 Å². The van der Waals surface area contributed by atoms with E-state index in [1.54, 1.807) is 12.1 Å². The van der Waals surface area contributed by atoms with Crippen molar-refractivity contribution < 1.29 is 19.8 Å². The summed E-state index contributed by atoms with van der Waals surface area (Å²) in [5, 5.41) is 21.2. The number of carbonyl (C=O) groups excluding carboxylic acids is 1. The maximum atomic E-state index is 10.9. The van der Waals surface area contributed by atoms with Gasteiger partial charge in [-0.15, -0.1) is 0 Å². The van der Waals surface area contributed by atoms with E-state index in [4.69, 9.17) is 5.11 Å². The summed E-state index contributed by atoms with van der Waals surface area (Å²) < 4.78 is 0. The molecular weight excluding hydrogens is 294 g/mol. The van der Waals surface area contributed by atoms with E-state index in [2.05, 4.69) is 15.3 Å². The van der Waals surface area contributed by atoms with E-state index >= 15 is 0 Å². The predicted molar refractivity (Wildman–Crippen MR) is 78.7 cm³/mol. The number of aliphatic imine (C=N–C) groups is 1. The van der Waals surface area contributed by atoms with Gasteiger partial charge < -0.3 is 15.5 Å². The third-order valence-electron chi connectivity index (χ3n) is 2.34. The minimum Gasteiger partial charge on any atom is -0.492 e. The average molecular weight is 305 g/mol. The van der Waals surface area contributed by atoms with Gasteiger partial charge in [0.2, 0.25) is 11.8 Å². The van der Waals surface area contributed by atoms with Crippen LogP contribution in [-0.4, -0.2) is 33.3 Å². The first-order valence-electron chi connectivity index (χ1n) is 5.80. The van der Waals surface area contributed by atoms with Crippen molar-refractivity contribution in [3.8, 4) is 5.88 Å². The summed E-state index contributed by atoms with van der Waals surface area (Å²) in [6.07, 6.45) is 1.36. The monoisotopic (exact) mass is 305 g/mol. The van der Waals surface area contributed by atoms with Gasteiger partial charge in [-0.1, -0.05) is 17.4 Å². The molecule has 1 amide bonds. The maximum Gasteiger partial charge on any atom is 0.335 e. The van der Waals surface area contributed by atoms with Crippen molar-refractivity contribution in [2.45, 2.75) is 6.92 Å². The Morgan fingerprint density at radius 3 is 2.86 bits per heavy atom. The van der Waals surface area contributed by atoms with E-state index in [9.17, 15) is 14.7 Å². The molecule has 2 aromatic rings. The van der Waals surface area contributed by atoms with Crippen molar-refractivity contribution in [2.24, 2.45) is 4.99 Å². The highest BCUT2D eigenvalue weighted by molar-refractivity contribution is 7.17. The minimum absolute atomic E-state index is 0.122. The zero-order valence-electron chi connectivity index (χ0n) is 10.9. The van der Waals surface area contributed by atoms with Crippen molar-refractivity contribution in [3.05, 3.63) is 34.7 Å². The Morgan fingerprint density at radius 1 is 1.43 bits per heavy atom. The molecule has 8 heteroatoms. The first kappa shape index (κ1) is 14.7. The largest absolute Gasteiger partial charge is 0.492 e. The zero-order valence-corrected chi connectivity index (χ0v) is 11.7. The fourth-order valence-electron chi connectivity index (χ4n) is 1.46. The first-order chi connectivity index (χ1) is 9.95. The number of anilines is 1. The molecule has 108 valence electrons. The minimum atomic E-state index is -1.04. The van der Waals surface area contributed by atoms with Gasteiger partial charge in [-0.3, -0.25) is 9.79 Å². The summed E-state index contributed by atoms with van der Waals surface area (Å²) in [5.74, 6) is -1.58. The van der Waals surface area contributed by atoms with Gasteiger partial charge in [-0.05, 0) is 18.2 Å². The number of carbonyl (C=O) groups is 2. The summed E-state index contributed by atoms with van der Waals surface area (Å²) >= 11 is 1.06. The van der Waals surface area contributed by atoms with Crippen LogP contribution in [-0.2, 0) is 4.79 Å². The number of nitrogens with zero attached hydrogens (tertiary/aromatic N) is 2. The standard InChI is InChI=1S/C13H11N3O4S/c1-7(17)15-13-16-11(18)10(21-13)6-14-9-4-2-3-8(5-9)12(19)20/h2-6,18H,1H3,(H,19,20)(H,15,16,17). The van der Waals surface area contributed by atoms with Gasteiger partial charge >= 0.3 is 5.97 Å². The number of nitrogens with one attached hydrogen (secondary N) is 1. The van der Waals surface area contributed by atoms with Gasteiger partial charge in [0, 0.05) is 6.92 Å². The second kappa shape index (κ2) is 6.14. The summed E-state index contributed by atoms with van der Waals surface area (Å²) in [5.41, 5.74) is 0.556. The van der Waals surface area contributed by atoms with Crippen molar-refractivity contribution in [1.29, 1.82) is 0 Å². The second-order valence-corrected chi connectivity index (χ2v) is 5.03. The molecule has 3 N–H and O–H groups in total. The third kappa shape index (κ3) is 3.86. The van der Waals surface area contributed by atoms with Crippen LogP contribution < -0.4 is 5.32 Å². The lowest BCUT2D eigenvalue weighted by molar-refractivity contribution is -0.114. The Hall–Kier alpha value is -2.74. The molecule has 0 radical (unpaired) electrons. The SMILES string of the molecule is CC(=O)Nc1nc(O)c(C=Nc2cccc(C(=O)O)c2)s1. The van der Waals surface area contributed by atoms with E-state index in [0.717, 1.165) is 11.3 Å². The van der Waals surface area contributed by atoms with Gasteiger partial charge in [0.05, 0.1) is 17.5 Å². The molecule has 0 unspecified atom stereocenters. The molecule has 0 spiro atoms. The van der Waals surface area contributed by atoms with Crippen LogP contribution in [0.1, 0.15) is 22.2 Å². The van der Waals surface area contributed by atoms with Crippen LogP contribution in [0.25, 0.3) is 0 Å². The lowest BCUT2D eigenvalue weighted by atomic mass is 10.2. The number of rotatable bonds is 4. The van der Waals surface area contributed by atoms with E-state index in [1.807, 2.05) is 0 Å². The molecule has 0 saturated heterocycles. The molecular formula is C13H11N3O4S. The smallest absolute Gasteiger partial charge is 0.335 e. The number of aromatic carboxylic acids is 1. The molecule has 21 heavy (non-hydrogen) atoms. The van der Waals surface area contributed by atoms with Gasteiger partial charge in [0.15, 0.2) is 5.13 Å². The number of carboxylic acids is 1. The van der Waals surface area contributed by atoms with Crippen LogP contribution in [0.2, 0.25) is 0 Å². The maximum absolute atomic E-state index is 10.9. The number of aromatic hydroxyl groups is 1. The number of benzene rings is 1. The van der Waals surface area contributed by atoms with Crippen LogP contribution in [0.3, 0.4) is 0 Å². The summed E-state index contributed by atoms with van der Waals surface area (Å²) in [7, 11) is 0. The van der Waals surface area contributed by atoms with Crippen molar-refractivity contribution >= 4 is 40.2 Å². The summed E-state index contributed by atoms with van der Waals surface area (Å²) in [6.45, 7) is 1.34. The number of hydrogen-bond acceptors (Lipinski definition) is 6. The van der Waals surface area contributed by atoms with Gasteiger partial charge in [-0.2, -0.15) is 4.98 Å². The van der Waals surface area contributed by atoms with Crippen LogP contribution in [0.4, 0.5) is 10.8 Å². The number of carboxylic acid groups (broad SMARTS) is 1. The second-order valence-electron chi connectivity index (χ2n) is 4.00. The topological polar surface area (TPSA) is 112 Å². The van der Waals surface area contributed by atoms with Crippen molar-refractivity contribution in [3.63, 3.8) is 0 Å². The Kier molecular flexibility index (Phi) is 4.29. The zero-order chi connectivity index (χ0) is 15.4. The van der Waals surface area contributed by atoms with Crippen LogP contribution in [0.5, 0.6) is 5.88 Å². The lowest BCUT2D eigenvalue weighted by Gasteiger charge is -1.96. The Bertz CT molecular complexity index is 724.